The topological polar surface area (TPSA) is 111 Å². The SMILES string of the molecule is CC/C=C\C/C=C\C/C=C\C/C=C\C/C=C\C/C=C\C/C=C\C/C=C\C/C=C\CCCC(=O)OC(COC(=O)CCCCCCCCCCCCCCCCCCCCCCCCCCC/C=C\C/C=C\CCCCCCC)COP(=O)([O-])OCC[N+](C)(C)C. The highest BCUT2D eigenvalue weighted by Crippen LogP contribution is 2.38. The smallest absolute Gasteiger partial charge is 0.306 e. The van der Waals surface area contributed by atoms with Crippen molar-refractivity contribution in [3.05, 3.63) is 134 Å². The van der Waals surface area contributed by atoms with Crippen molar-refractivity contribution >= 4 is 19.8 Å². The van der Waals surface area contributed by atoms with Crippen LogP contribution in [0.15, 0.2) is 134 Å². The Labute approximate surface area is 555 Å². The molecule has 0 radical (unpaired) electrons. The number of rotatable bonds is 67. The number of esters is 2. The Balaban J connectivity index is 4.08. The number of unbranched alkanes of at least 4 members (excludes halogenated alkanes) is 31. The maximum Gasteiger partial charge on any atom is 0.306 e. The Morgan fingerprint density at radius 2 is 0.644 bits per heavy atom. The van der Waals surface area contributed by atoms with Gasteiger partial charge in [0.2, 0.25) is 0 Å². The van der Waals surface area contributed by atoms with Crippen molar-refractivity contribution in [3.8, 4) is 0 Å². The van der Waals surface area contributed by atoms with E-state index >= 15 is 0 Å². The van der Waals surface area contributed by atoms with Gasteiger partial charge in [-0.1, -0.05) is 321 Å². The van der Waals surface area contributed by atoms with Gasteiger partial charge in [0.1, 0.15) is 19.8 Å². The quantitative estimate of drug-likeness (QED) is 0.0195. The average Bonchev–Trinajstić information content (AvgIpc) is 3.58. The fourth-order valence-electron chi connectivity index (χ4n) is 10.0. The lowest BCUT2D eigenvalue weighted by molar-refractivity contribution is -0.870. The summed E-state index contributed by atoms with van der Waals surface area (Å²) in [4.78, 5) is 38.1. The molecule has 0 aromatic heterocycles. The molecule has 9 nitrogen and oxygen atoms in total. The third kappa shape index (κ3) is 73.2. The zero-order valence-corrected chi connectivity index (χ0v) is 59.7. The van der Waals surface area contributed by atoms with E-state index < -0.39 is 32.5 Å². The van der Waals surface area contributed by atoms with Gasteiger partial charge in [0, 0.05) is 12.8 Å². The van der Waals surface area contributed by atoms with E-state index in [4.69, 9.17) is 18.5 Å². The van der Waals surface area contributed by atoms with Crippen LogP contribution in [0.2, 0.25) is 0 Å². The number of allylic oxidation sites excluding steroid dienone is 22. The maximum atomic E-state index is 12.8. The number of phosphoric ester groups is 1. The van der Waals surface area contributed by atoms with Gasteiger partial charge in [-0.25, -0.2) is 0 Å². The van der Waals surface area contributed by atoms with Gasteiger partial charge in [0.05, 0.1) is 27.7 Å². The maximum absolute atomic E-state index is 12.8. The first-order chi connectivity index (χ1) is 44.0. The van der Waals surface area contributed by atoms with Gasteiger partial charge < -0.3 is 27.9 Å². The van der Waals surface area contributed by atoms with E-state index in [-0.39, 0.29) is 26.1 Å². The number of carbonyl (C=O) groups excluding carboxylic acids is 2. The summed E-state index contributed by atoms with van der Waals surface area (Å²) in [5.74, 6) is -0.902. The molecule has 0 spiro atoms. The zero-order chi connectivity index (χ0) is 65.5. The van der Waals surface area contributed by atoms with Crippen molar-refractivity contribution in [2.24, 2.45) is 0 Å². The largest absolute Gasteiger partial charge is 0.756 e. The van der Waals surface area contributed by atoms with Gasteiger partial charge in [-0.05, 0) is 109 Å². The van der Waals surface area contributed by atoms with E-state index in [1.54, 1.807) is 0 Å². The standard InChI is InChI=1S/C80H138NO8P/c1-6-8-10-12-14-16-18-20-22-24-26-28-30-32-34-36-37-38-39-40-41-42-43-45-46-48-50-52-54-56-58-60-62-64-66-68-70-72-79(82)86-76-78(77-88-90(84,85)87-75-74-81(3,4)5)89-80(83)73-71-69-67-65-63-61-59-57-55-53-51-49-47-44-35-33-31-29-27-25-23-21-19-17-15-13-11-9-7-2/h9,11,15,17-18,20-21,23-24,26-27,29,33,35,47,49,53,55,59,61,65,67,78H,6-8,10,12-14,16,19,22,25,28,30-32,34,36-46,48,50-52,54,56-58,60,62-64,66,68-77H2,1-5H3/b11-9-,17-15-,20-18-,23-21-,26-24-,29-27-,35-33-,49-47-,55-53-,61-59-,67-65-. The molecule has 0 bridgehead atoms. The van der Waals surface area contributed by atoms with Crippen molar-refractivity contribution in [3.63, 3.8) is 0 Å². The van der Waals surface area contributed by atoms with Crippen LogP contribution in [0.25, 0.3) is 0 Å². The summed E-state index contributed by atoms with van der Waals surface area (Å²) < 4.78 is 34.2. The Morgan fingerprint density at radius 3 is 0.978 bits per heavy atom. The molecule has 0 aromatic carbocycles. The summed E-state index contributed by atoms with van der Waals surface area (Å²) in [6.07, 6.45) is 101. The Morgan fingerprint density at radius 1 is 0.356 bits per heavy atom. The zero-order valence-electron chi connectivity index (χ0n) is 58.8. The van der Waals surface area contributed by atoms with Crippen LogP contribution in [0.5, 0.6) is 0 Å². The van der Waals surface area contributed by atoms with Crippen molar-refractivity contribution in [2.45, 2.75) is 315 Å². The second kappa shape index (κ2) is 69.5. The van der Waals surface area contributed by atoms with E-state index in [0.29, 0.717) is 23.9 Å². The molecule has 0 fully saturated rings. The molecule has 0 heterocycles. The molecule has 0 aliphatic carbocycles. The molecule has 2 unspecified atom stereocenters. The number of phosphoric acid groups is 1. The molecule has 0 aliphatic heterocycles. The number of ether oxygens (including phenoxy) is 2. The van der Waals surface area contributed by atoms with Crippen LogP contribution in [0.4, 0.5) is 0 Å². The van der Waals surface area contributed by atoms with Gasteiger partial charge in [0.25, 0.3) is 7.82 Å². The summed E-state index contributed by atoms with van der Waals surface area (Å²) in [6.45, 7) is 4.06. The van der Waals surface area contributed by atoms with Crippen molar-refractivity contribution in [2.75, 3.05) is 47.5 Å². The van der Waals surface area contributed by atoms with Gasteiger partial charge in [0.15, 0.2) is 6.10 Å². The van der Waals surface area contributed by atoms with Crippen LogP contribution in [0, 0.1) is 0 Å². The number of carbonyl (C=O) groups is 2. The molecule has 0 rings (SSSR count). The lowest BCUT2D eigenvalue weighted by Crippen LogP contribution is -2.37. The Kier molecular flexibility index (Phi) is 66.5. The normalized spacial score (nSPS) is 13.9. The first kappa shape index (κ1) is 86.2. The van der Waals surface area contributed by atoms with Crippen LogP contribution >= 0.6 is 7.82 Å². The minimum absolute atomic E-state index is 0.0474. The van der Waals surface area contributed by atoms with Crippen LogP contribution in [0.1, 0.15) is 309 Å². The van der Waals surface area contributed by atoms with Crippen molar-refractivity contribution in [1.29, 1.82) is 0 Å². The van der Waals surface area contributed by atoms with Gasteiger partial charge in [-0.2, -0.15) is 0 Å². The van der Waals surface area contributed by atoms with Gasteiger partial charge in [-0.15, -0.1) is 0 Å². The van der Waals surface area contributed by atoms with Gasteiger partial charge in [-0.3, -0.25) is 14.2 Å². The summed E-state index contributed by atoms with van der Waals surface area (Å²) in [7, 11) is 1.12. The monoisotopic (exact) mass is 1270 g/mol. The number of hydrogen-bond acceptors (Lipinski definition) is 8. The molecule has 0 saturated carbocycles. The number of nitrogens with zero attached hydrogens (tertiary/aromatic N) is 1. The molecule has 0 saturated heterocycles. The summed E-state index contributed by atoms with van der Waals surface area (Å²) in [6, 6.07) is 0. The van der Waals surface area contributed by atoms with Crippen LogP contribution in [-0.2, 0) is 32.7 Å². The molecule has 0 aromatic rings. The van der Waals surface area contributed by atoms with E-state index in [9.17, 15) is 19.0 Å². The van der Waals surface area contributed by atoms with E-state index in [1.807, 2.05) is 27.2 Å². The minimum Gasteiger partial charge on any atom is -0.756 e. The molecule has 0 N–H and O–H groups in total. The fraction of sp³-hybridized carbons (Fsp3) is 0.700. The third-order valence-electron chi connectivity index (χ3n) is 15.7. The fourth-order valence-corrected chi connectivity index (χ4v) is 10.8. The van der Waals surface area contributed by atoms with E-state index in [2.05, 4.69) is 141 Å². The highest BCUT2D eigenvalue weighted by molar-refractivity contribution is 7.45. The number of quaternary nitrogens is 1. The predicted octanol–water partition coefficient (Wildman–Crippen LogP) is 23.8. The first-order valence-electron chi connectivity index (χ1n) is 36.9. The lowest BCUT2D eigenvalue weighted by Gasteiger charge is -2.28. The van der Waals surface area contributed by atoms with E-state index in [0.717, 1.165) is 83.5 Å². The Hall–Kier alpha value is -3.85. The van der Waals surface area contributed by atoms with E-state index in [1.165, 1.54) is 186 Å². The number of likely N-dealkylation sites (N-methyl/N-ethyl adjacent to an activating group) is 1. The molecular weight excluding hydrogens is 1130 g/mol. The third-order valence-corrected chi connectivity index (χ3v) is 16.6. The second-order valence-corrected chi connectivity index (χ2v) is 27.0. The van der Waals surface area contributed by atoms with Gasteiger partial charge >= 0.3 is 11.9 Å². The van der Waals surface area contributed by atoms with Crippen molar-refractivity contribution < 1.29 is 42.1 Å². The minimum atomic E-state index is -4.67. The van der Waals surface area contributed by atoms with Crippen LogP contribution in [-0.4, -0.2) is 70.0 Å². The second-order valence-electron chi connectivity index (χ2n) is 25.6. The van der Waals surface area contributed by atoms with Crippen LogP contribution < -0.4 is 4.89 Å². The highest BCUT2D eigenvalue weighted by Gasteiger charge is 2.22. The molecule has 10 heteroatoms. The average molecular weight is 1270 g/mol. The highest BCUT2D eigenvalue weighted by atomic mass is 31.2. The summed E-state index contributed by atoms with van der Waals surface area (Å²) in [5.41, 5.74) is 0. The molecular formula is C80H138NO8P. The lowest BCUT2D eigenvalue weighted by atomic mass is 10.0. The molecule has 0 aliphatic rings. The van der Waals surface area contributed by atoms with Crippen LogP contribution in [0.3, 0.4) is 0 Å². The summed E-state index contributed by atoms with van der Waals surface area (Å²) >= 11 is 0. The molecule has 90 heavy (non-hydrogen) atoms. The van der Waals surface area contributed by atoms with Crippen molar-refractivity contribution in [1.82, 2.24) is 0 Å². The molecule has 0 amide bonds. The number of hydrogen-bond donors (Lipinski definition) is 0. The molecule has 516 valence electrons. The Bertz CT molecular complexity index is 1980. The summed E-state index contributed by atoms with van der Waals surface area (Å²) in [5, 5.41) is 0. The molecule has 2 atom stereocenters. The first-order valence-corrected chi connectivity index (χ1v) is 38.4. The predicted molar refractivity (Wildman–Crippen MR) is 388 cm³/mol.